The standard InChI is InChI=1S/C3H7NO2.N/c1-2-6-3(4)5;/h2H2,1H3,(H2,4,5);. The summed E-state index contributed by atoms with van der Waals surface area (Å²) in [5, 5.41) is 0. The molecule has 0 aromatic carbocycles. The number of nitrogens with two attached hydrogens (primary N) is 1. The Morgan fingerprint density at radius 1 is 1.86 bits per heavy atom. The smallest absolute Gasteiger partial charge is 0.404 e. The highest BCUT2D eigenvalue weighted by Gasteiger charge is 1.82. The van der Waals surface area contributed by atoms with Crippen LogP contribution in [0.15, 0.2) is 0 Å². The molecule has 0 saturated carbocycles. The van der Waals surface area contributed by atoms with Gasteiger partial charge in [0.05, 0.1) is 6.61 Å². The molecule has 0 bridgehead atoms. The zero-order chi connectivity index (χ0) is 4.99. The molecule has 0 aromatic rings. The van der Waals surface area contributed by atoms with Gasteiger partial charge in [0, 0.05) is 6.15 Å². The van der Waals surface area contributed by atoms with Gasteiger partial charge in [-0.25, -0.2) is 4.79 Å². The van der Waals surface area contributed by atoms with Crippen LogP contribution in [0.2, 0.25) is 0 Å². The van der Waals surface area contributed by atoms with Crippen molar-refractivity contribution in [3.8, 4) is 0 Å². The van der Waals surface area contributed by atoms with Crippen LogP contribution in [-0.4, -0.2) is 12.7 Å². The van der Waals surface area contributed by atoms with Crippen LogP contribution in [0.5, 0.6) is 0 Å². The highest BCUT2D eigenvalue weighted by molar-refractivity contribution is 5.64. The number of nitrogens with zero attached hydrogens (tertiary/aromatic N) is 1. The molecule has 0 aliphatic heterocycles. The minimum absolute atomic E-state index is 0. The first-order valence-corrected chi connectivity index (χ1v) is 1.69. The van der Waals surface area contributed by atoms with E-state index >= 15 is 0 Å². The Morgan fingerprint density at radius 3 is 2.29 bits per heavy atom. The summed E-state index contributed by atoms with van der Waals surface area (Å²) in [6.45, 7) is 2.06. The number of ether oxygens (including phenoxy) is 1. The highest BCUT2D eigenvalue weighted by atomic mass is 16.5. The van der Waals surface area contributed by atoms with E-state index in [0.29, 0.717) is 6.61 Å². The van der Waals surface area contributed by atoms with Crippen molar-refractivity contribution >= 4 is 6.09 Å². The van der Waals surface area contributed by atoms with Crippen molar-refractivity contribution in [1.29, 1.82) is 0 Å². The second-order valence-electron chi connectivity index (χ2n) is 0.752. The Hall–Kier alpha value is -0.770. The molecule has 41 valence electrons. The Kier molecular flexibility index (Phi) is 7.12. The van der Waals surface area contributed by atoms with Gasteiger partial charge >= 0.3 is 6.09 Å². The lowest BCUT2D eigenvalue weighted by Gasteiger charge is -1.89. The molecule has 0 heterocycles. The fourth-order valence-corrected chi connectivity index (χ4v) is 0.142. The molecule has 1 amide bonds. The zero-order valence-electron chi connectivity index (χ0n) is 4.05. The van der Waals surface area contributed by atoms with Gasteiger partial charge in [0.15, 0.2) is 0 Å². The van der Waals surface area contributed by atoms with Crippen molar-refractivity contribution in [2.24, 2.45) is 5.73 Å². The summed E-state index contributed by atoms with van der Waals surface area (Å²) in [4.78, 5) is 9.60. The summed E-state index contributed by atoms with van der Waals surface area (Å²) in [6.07, 6.45) is -0.711. The van der Waals surface area contributed by atoms with Crippen LogP contribution in [0.4, 0.5) is 4.79 Å². The molecule has 0 unspecified atom stereocenters. The van der Waals surface area contributed by atoms with Gasteiger partial charge in [-0.05, 0) is 6.92 Å². The molecule has 0 atom stereocenters. The quantitative estimate of drug-likeness (QED) is 0.490. The average Bonchev–Trinajstić information content (AvgIpc) is 1.35. The van der Waals surface area contributed by atoms with Gasteiger partial charge in [-0.1, -0.05) is 0 Å². The van der Waals surface area contributed by atoms with Gasteiger partial charge < -0.3 is 10.5 Å². The third-order valence-corrected chi connectivity index (χ3v) is 0.287. The Balaban J connectivity index is 0. The molecule has 4 nitrogen and oxygen atoms in total. The van der Waals surface area contributed by atoms with Crippen LogP contribution in [0.1, 0.15) is 6.92 Å². The Bertz CT molecular complexity index is 54.9. The predicted molar refractivity (Wildman–Crippen MR) is 23.3 cm³/mol. The number of rotatable bonds is 1. The molecule has 0 saturated heterocycles. The van der Waals surface area contributed by atoms with Crippen LogP contribution < -0.4 is 11.9 Å². The number of amides is 1. The molecule has 7 heavy (non-hydrogen) atoms. The van der Waals surface area contributed by atoms with E-state index in [1.807, 2.05) is 0 Å². The van der Waals surface area contributed by atoms with Crippen molar-refractivity contribution in [2.75, 3.05) is 6.61 Å². The maximum Gasteiger partial charge on any atom is 0.404 e. The second kappa shape index (κ2) is 5.23. The first kappa shape index (κ1) is 9.52. The van der Waals surface area contributed by atoms with Crippen LogP contribution >= 0.6 is 0 Å². The highest BCUT2D eigenvalue weighted by Crippen LogP contribution is 1.66. The van der Waals surface area contributed by atoms with Gasteiger partial charge in [-0.3, -0.25) is 0 Å². The number of carbonyl (C=O) groups is 1. The van der Waals surface area contributed by atoms with E-state index in [1.54, 1.807) is 6.92 Å². The minimum Gasteiger partial charge on any atom is -0.450 e. The second-order valence-corrected chi connectivity index (χ2v) is 0.752. The predicted octanol–water partition coefficient (Wildman–Crippen LogP) is -0.379. The van der Waals surface area contributed by atoms with E-state index in [1.165, 1.54) is 0 Å². The van der Waals surface area contributed by atoms with E-state index in [9.17, 15) is 4.79 Å². The van der Waals surface area contributed by atoms with Crippen molar-refractivity contribution in [3.63, 3.8) is 0 Å². The molecule has 0 aliphatic rings. The molecule has 0 aliphatic carbocycles. The third kappa shape index (κ3) is 11.0. The fraction of sp³-hybridized carbons (Fsp3) is 0.667. The van der Waals surface area contributed by atoms with Crippen molar-refractivity contribution in [2.45, 2.75) is 6.92 Å². The Morgan fingerprint density at radius 2 is 2.29 bits per heavy atom. The molecule has 0 spiro atoms. The summed E-state index contributed by atoms with van der Waals surface area (Å²) in [6, 6.07) is 0. The lowest BCUT2D eigenvalue weighted by Crippen LogP contribution is -2.11. The third-order valence-electron chi connectivity index (χ3n) is 0.287. The van der Waals surface area contributed by atoms with Crippen LogP contribution in [0.3, 0.4) is 0 Å². The summed E-state index contributed by atoms with van der Waals surface area (Å²) in [7, 11) is 0. The summed E-state index contributed by atoms with van der Waals surface area (Å²) in [5.74, 6) is 0. The maximum absolute atomic E-state index is 9.60. The van der Waals surface area contributed by atoms with Crippen molar-refractivity contribution in [3.05, 3.63) is 0 Å². The summed E-state index contributed by atoms with van der Waals surface area (Å²) in [5.41, 5.74) is 4.54. The van der Waals surface area contributed by atoms with E-state index < -0.39 is 6.09 Å². The summed E-state index contributed by atoms with van der Waals surface area (Å²) >= 11 is 0. The fourth-order valence-electron chi connectivity index (χ4n) is 0.142. The lowest BCUT2D eigenvalue weighted by molar-refractivity contribution is 0.163. The normalized spacial score (nSPS) is 6.43. The summed E-state index contributed by atoms with van der Waals surface area (Å²) < 4.78 is 4.18. The van der Waals surface area contributed by atoms with E-state index in [-0.39, 0.29) is 6.15 Å². The van der Waals surface area contributed by atoms with Crippen LogP contribution in [0, 0.1) is 0 Å². The lowest BCUT2D eigenvalue weighted by atomic mass is 10.9. The Labute approximate surface area is 42.2 Å². The van der Waals surface area contributed by atoms with Crippen molar-refractivity contribution in [1.82, 2.24) is 6.15 Å². The maximum atomic E-state index is 9.60. The molecule has 0 aromatic heterocycles. The van der Waals surface area contributed by atoms with E-state index in [2.05, 4.69) is 10.5 Å². The molecular weight excluding hydrogens is 96.0 g/mol. The SMILES string of the molecule is CCOC(N)=O.[N]. The van der Waals surface area contributed by atoms with Crippen LogP contribution in [0.25, 0.3) is 0 Å². The number of primary amides is 1. The van der Waals surface area contributed by atoms with Gasteiger partial charge in [0.2, 0.25) is 0 Å². The molecular formula is C3H7N2O2. The first-order chi connectivity index (χ1) is 2.77. The minimum atomic E-state index is -0.711. The number of hydrogen-bond donors (Lipinski definition) is 1. The van der Waals surface area contributed by atoms with Gasteiger partial charge in [-0.15, -0.1) is 0 Å². The average molecular weight is 103 g/mol. The van der Waals surface area contributed by atoms with Crippen LogP contribution in [-0.2, 0) is 4.74 Å². The topological polar surface area (TPSA) is 82.8 Å². The molecule has 2 N–H and O–H groups in total. The molecule has 4 heteroatoms. The largest absolute Gasteiger partial charge is 0.450 e. The molecule has 0 fully saturated rings. The van der Waals surface area contributed by atoms with E-state index in [4.69, 9.17) is 0 Å². The molecule has 3 radical (unpaired) electrons. The van der Waals surface area contributed by atoms with Crippen molar-refractivity contribution < 1.29 is 9.53 Å². The van der Waals surface area contributed by atoms with Gasteiger partial charge in [0.25, 0.3) is 0 Å². The zero-order valence-corrected chi connectivity index (χ0v) is 4.05. The van der Waals surface area contributed by atoms with Gasteiger partial charge in [0.1, 0.15) is 0 Å². The van der Waals surface area contributed by atoms with Gasteiger partial charge in [-0.2, -0.15) is 0 Å². The monoisotopic (exact) mass is 103 g/mol. The first-order valence-electron chi connectivity index (χ1n) is 1.69. The number of carbonyl (C=O) groups excluding carboxylic acids is 1. The van der Waals surface area contributed by atoms with E-state index in [0.717, 1.165) is 0 Å². The number of hydrogen-bond acceptors (Lipinski definition) is 2. The molecule has 0 rings (SSSR count).